The van der Waals surface area contributed by atoms with E-state index in [9.17, 15) is 4.79 Å². The lowest BCUT2D eigenvalue weighted by molar-refractivity contribution is 0.0736. The minimum Gasteiger partial charge on any atom is -0.397 e. The minimum absolute atomic E-state index is 0.0839. The first-order valence-electron chi connectivity index (χ1n) is 6.55. The van der Waals surface area contributed by atoms with E-state index in [0.29, 0.717) is 18.8 Å². The second kappa shape index (κ2) is 5.24. The second-order valence-electron chi connectivity index (χ2n) is 4.72. The third-order valence-corrected chi connectivity index (χ3v) is 3.50. The summed E-state index contributed by atoms with van der Waals surface area (Å²) in [5.41, 5.74) is 8.13. The zero-order chi connectivity index (χ0) is 13.9. The predicted octanol–water partition coefficient (Wildman–Crippen LogP) is 1.22. The molecule has 3 rings (SSSR count). The Morgan fingerprint density at radius 3 is 2.55 bits per heavy atom. The number of anilines is 2. The number of amides is 1. The van der Waals surface area contributed by atoms with Gasteiger partial charge in [-0.15, -0.1) is 0 Å². The van der Waals surface area contributed by atoms with Gasteiger partial charge in [0.25, 0.3) is 5.91 Å². The number of piperazine rings is 1. The van der Waals surface area contributed by atoms with Crippen molar-refractivity contribution in [1.82, 2.24) is 10.1 Å². The zero-order valence-electron chi connectivity index (χ0n) is 11.0. The molecule has 1 aliphatic heterocycles. The standard InChI is InChI=1S/C14H16N4O2/c15-11-3-1-2-4-13(11)17-6-8-18(9-7-17)14(19)12-5-10-20-16-12/h1-5,10H,6-9,15H2. The maximum Gasteiger partial charge on any atom is 0.276 e. The van der Waals surface area contributed by atoms with Crippen LogP contribution in [0.2, 0.25) is 0 Å². The van der Waals surface area contributed by atoms with Crippen LogP contribution < -0.4 is 10.6 Å². The monoisotopic (exact) mass is 272 g/mol. The molecule has 0 spiro atoms. The molecule has 6 heteroatoms. The Balaban J connectivity index is 1.65. The van der Waals surface area contributed by atoms with Crippen molar-refractivity contribution < 1.29 is 9.32 Å². The van der Waals surface area contributed by atoms with Gasteiger partial charge < -0.3 is 20.1 Å². The molecule has 1 aromatic heterocycles. The number of hydrogen-bond donors (Lipinski definition) is 1. The Hall–Kier alpha value is -2.50. The number of carbonyl (C=O) groups is 1. The van der Waals surface area contributed by atoms with Gasteiger partial charge in [-0.3, -0.25) is 4.79 Å². The number of hydrogen-bond acceptors (Lipinski definition) is 5. The fourth-order valence-corrected chi connectivity index (χ4v) is 2.41. The van der Waals surface area contributed by atoms with Gasteiger partial charge in [-0.1, -0.05) is 17.3 Å². The van der Waals surface area contributed by atoms with Gasteiger partial charge in [-0.2, -0.15) is 0 Å². The van der Waals surface area contributed by atoms with Crippen LogP contribution in [0.25, 0.3) is 0 Å². The average molecular weight is 272 g/mol. The van der Waals surface area contributed by atoms with E-state index in [-0.39, 0.29) is 5.91 Å². The Morgan fingerprint density at radius 2 is 1.90 bits per heavy atom. The van der Waals surface area contributed by atoms with Crippen molar-refractivity contribution in [3.8, 4) is 0 Å². The molecule has 2 heterocycles. The van der Waals surface area contributed by atoms with Crippen LogP contribution in [-0.4, -0.2) is 42.1 Å². The van der Waals surface area contributed by atoms with Gasteiger partial charge in [0.15, 0.2) is 5.69 Å². The Bertz CT molecular complexity index is 589. The van der Waals surface area contributed by atoms with Crippen LogP contribution in [0.5, 0.6) is 0 Å². The highest BCUT2D eigenvalue weighted by molar-refractivity contribution is 5.92. The lowest BCUT2D eigenvalue weighted by Gasteiger charge is -2.36. The van der Waals surface area contributed by atoms with Gasteiger partial charge in [0.2, 0.25) is 0 Å². The van der Waals surface area contributed by atoms with E-state index < -0.39 is 0 Å². The van der Waals surface area contributed by atoms with E-state index in [2.05, 4.69) is 10.1 Å². The summed E-state index contributed by atoms with van der Waals surface area (Å²) in [4.78, 5) is 16.1. The van der Waals surface area contributed by atoms with E-state index in [1.807, 2.05) is 24.3 Å². The van der Waals surface area contributed by atoms with Crippen LogP contribution in [0.15, 0.2) is 41.1 Å². The highest BCUT2D eigenvalue weighted by atomic mass is 16.5. The molecule has 1 aliphatic rings. The van der Waals surface area contributed by atoms with Crippen LogP contribution >= 0.6 is 0 Å². The van der Waals surface area contributed by atoms with Crippen LogP contribution in [-0.2, 0) is 0 Å². The molecule has 0 radical (unpaired) electrons. The number of rotatable bonds is 2. The Kier molecular flexibility index (Phi) is 3.28. The van der Waals surface area contributed by atoms with Crippen LogP contribution in [0.3, 0.4) is 0 Å². The van der Waals surface area contributed by atoms with E-state index in [4.69, 9.17) is 10.3 Å². The second-order valence-corrected chi connectivity index (χ2v) is 4.72. The summed E-state index contributed by atoms with van der Waals surface area (Å²) in [6.07, 6.45) is 1.41. The fourth-order valence-electron chi connectivity index (χ4n) is 2.41. The maximum atomic E-state index is 12.1. The van der Waals surface area contributed by atoms with Gasteiger partial charge in [0.05, 0.1) is 11.4 Å². The topological polar surface area (TPSA) is 75.6 Å². The van der Waals surface area contributed by atoms with E-state index in [1.165, 1.54) is 6.26 Å². The summed E-state index contributed by atoms with van der Waals surface area (Å²) in [6, 6.07) is 9.37. The van der Waals surface area contributed by atoms with E-state index >= 15 is 0 Å². The lowest BCUT2D eigenvalue weighted by atomic mass is 10.2. The lowest BCUT2D eigenvalue weighted by Crippen LogP contribution is -2.49. The maximum absolute atomic E-state index is 12.1. The smallest absolute Gasteiger partial charge is 0.276 e. The third kappa shape index (κ3) is 2.32. The molecular weight excluding hydrogens is 256 g/mol. The van der Waals surface area contributed by atoms with Crippen molar-refractivity contribution >= 4 is 17.3 Å². The van der Waals surface area contributed by atoms with Gasteiger partial charge >= 0.3 is 0 Å². The summed E-state index contributed by atoms with van der Waals surface area (Å²) in [7, 11) is 0. The van der Waals surface area contributed by atoms with Gasteiger partial charge in [0.1, 0.15) is 6.26 Å². The molecule has 2 N–H and O–H groups in total. The molecule has 1 fully saturated rings. The van der Waals surface area contributed by atoms with Gasteiger partial charge in [-0.25, -0.2) is 0 Å². The van der Waals surface area contributed by atoms with Crippen molar-refractivity contribution in [3.63, 3.8) is 0 Å². The van der Waals surface area contributed by atoms with Crippen molar-refractivity contribution in [2.45, 2.75) is 0 Å². The molecule has 0 atom stereocenters. The molecule has 0 unspecified atom stereocenters. The molecule has 104 valence electrons. The quantitative estimate of drug-likeness (QED) is 0.832. The summed E-state index contributed by atoms with van der Waals surface area (Å²) in [5.74, 6) is -0.0839. The number of nitrogens with zero attached hydrogens (tertiary/aromatic N) is 3. The SMILES string of the molecule is Nc1ccccc1N1CCN(C(=O)c2ccon2)CC1. The molecular formula is C14H16N4O2. The number of nitrogens with two attached hydrogens (primary N) is 1. The minimum atomic E-state index is -0.0839. The number of para-hydroxylation sites is 2. The molecule has 1 saturated heterocycles. The van der Waals surface area contributed by atoms with Crippen LogP contribution in [0, 0.1) is 0 Å². The highest BCUT2D eigenvalue weighted by Gasteiger charge is 2.24. The summed E-state index contributed by atoms with van der Waals surface area (Å²) in [6.45, 7) is 2.83. The number of aromatic nitrogens is 1. The Labute approximate surface area is 116 Å². The van der Waals surface area contributed by atoms with E-state index in [0.717, 1.165) is 24.5 Å². The first kappa shape index (κ1) is 12.5. The number of benzene rings is 1. The van der Waals surface area contributed by atoms with Crippen LogP contribution in [0.4, 0.5) is 11.4 Å². The zero-order valence-corrected chi connectivity index (χ0v) is 11.0. The van der Waals surface area contributed by atoms with Crippen LogP contribution in [0.1, 0.15) is 10.5 Å². The number of nitrogen functional groups attached to an aromatic ring is 1. The third-order valence-electron chi connectivity index (χ3n) is 3.50. The summed E-state index contributed by atoms with van der Waals surface area (Å²) >= 11 is 0. The predicted molar refractivity (Wildman–Crippen MR) is 75.5 cm³/mol. The molecule has 1 aromatic carbocycles. The molecule has 0 saturated carbocycles. The molecule has 0 bridgehead atoms. The van der Waals surface area contributed by atoms with Crippen molar-refractivity contribution in [2.24, 2.45) is 0 Å². The molecule has 1 amide bonds. The fraction of sp³-hybridized carbons (Fsp3) is 0.286. The summed E-state index contributed by atoms with van der Waals surface area (Å²) < 4.78 is 4.71. The normalized spacial score (nSPS) is 15.4. The summed E-state index contributed by atoms with van der Waals surface area (Å²) in [5, 5.41) is 3.68. The van der Waals surface area contributed by atoms with Crippen molar-refractivity contribution in [2.75, 3.05) is 36.8 Å². The van der Waals surface area contributed by atoms with Crippen molar-refractivity contribution in [3.05, 3.63) is 42.3 Å². The van der Waals surface area contributed by atoms with Crippen molar-refractivity contribution in [1.29, 1.82) is 0 Å². The number of carbonyl (C=O) groups excluding carboxylic acids is 1. The molecule has 20 heavy (non-hydrogen) atoms. The molecule has 0 aliphatic carbocycles. The first-order valence-corrected chi connectivity index (χ1v) is 6.55. The largest absolute Gasteiger partial charge is 0.397 e. The van der Waals surface area contributed by atoms with Gasteiger partial charge in [-0.05, 0) is 12.1 Å². The van der Waals surface area contributed by atoms with Gasteiger partial charge in [0, 0.05) is 32.2 Å². The average Bonchev–Trinajstić information content (AvgIpc) is 3.01. The van der Waals surface area contributed by atoms with E-state index in [1.54, 1.807) is 11.0 Å². The highest BCUT2D eigenvalue weighted by Crippen LogP contribution is 2.23. The Morgan fingerprint density at radius 1 is 1.15 bits per heavy atom. The molecule has 2 aromatic rings. The molecule has 6 nitrogen and oxygen atoms in total. The first-order chi connectivity index (χ1) is 9.75.